The fraction of sp³-hybridized carbons (Fsp3) is 0.238. The van der Waals surface area contributed by atoms with E-state index in [1.165, 1.54) is 16.7 Å². The molecule has 0 bridgehead atoms. The molecule has 3 aromatic rings. The minimum absolute atomic E-state index is 0.153. The van der Waals surface area contributed by atoms with Crippen LogP contribution in [0.3, 0.4) is 0 Å². The first-order chi connectivity index (χ1) is 12.1. The minimum Gasteiger partial charge on any atom is -0.440 e. The Morgan fingerprint density at radius 3 is 2.64 bits per heavy atom. The summed E-state index contributed by atoms with van der Waals surface area (Å²) in [4.78, 5) is 16.5. The van der Waals surface area contributed by atoms with Gasteiger partial charge in [-0.05, 0) is 42.7 Å². The van der Waals surface area contributed by atoms with Crippen molar-refractivity contribution in [2.75, 3.05) is 0 Å². The predicted octanol–water partition coefficient (Wildman–Crippen LogP) is 4.47. The number of carbonyl (C=O) groups excluding carboxylic acids is 1. The van der Waals surface area contributed by atoms with Gasteiger partial charge >= 0.3 is 5.97 Å². The van der Waals surface area contributed by atoms with Crippen LogP contribution in [0.2, 0.25) is 0 Å². The summed E-state index contributed by atoms with van der Waals surface area (Å²) in [5.74, 6) is -0.149. The Balaban J connectivity index is 1.68. The quantitative estimate of drug-likeness (QED) is 0.647. The van der Waals surface area contributed by atoms with E-state index < -0.39 is 0 Å². The van der Waals surface area contributed by atoms with Gasteiger partial charge in [-0.15, -0.1) is 0 Å². The maximum absolute atomic E-state index is 12.0. The Kier molecular flexibility index (Phi) is 4.98. The van der Waals surface area contributed by atoms with E-state index in [0.717, 1.165) is 5.69 Å². The van der Waals surface area contributed by atoms with Gasteiger partial charge in [-0.1, -0.05) is 43.3 Å². The molecule has 128 valence electrons. The average Bonchev–Trinajstić information content (AvgIpc) is 3.11. The third-order valence-electron chi connectivity index (χ3n) is 4.56. The lowest BCUT2D eigenvalue weighted by Crippen LogP contribution is -2.08. The molecular formula is C21H22N2O2. The van der Waals surface area contributed by atoms with E-state index in [0.29, 0.717) is 5.56 Å². The highest BCUT2D eigenvalue weighted by Crippen LogP contribution is 2.27. The van der Waals surface area contributed by atoms with Crippen molar-refractivity contribution in [3.63, 3.8) is 0 Å². The standard InChI is InChI=1S/C21H22N2O2/c1-15-8-7-11-19(16(15)2)17(3)20-12-23(13-22-20)14-25-21(24)18-9-5-4-6-10-18/h4-13,17H,14H2,1-3H3/t17-/m0/s1. The number of carbonyl (C=O) groups is 1. The van der Waals surface area contributed by atoms with Gasteiger partial charge in [0.25, 0.3) is 0 Å². The molecule has 0 fully saturated rings. The molecule has 0 aliphatic heterocycles. The number of nitrogens with zero attached hydrogens (tertiary/aromatic N) is 2. The molecule has 1 aromatic heterocycles. The van der Waals surface area contributed by atoms with E-state index >= 15 is 0 Å². The van der Waals surface area contributed by atoms with Crippen molar-refractivity contribution in [2.45, 2.75) is 33.4 Å². The van der Waals surface area contributed by atoms with Gasteiger partial charge in [0.05, 0.1) is 17.6 Å². The monoisotopic (exact) mass is 334 g/mol. The third kappa shape index (κ3) is 3.79. The van der Waals surface area contributed by atoms with Gasteiger partial charge in [-0.25, -0.2) is 9.78 Å². The summed E-state index contributed by atoms with van der Waals surface area (Å²) in [6.45, 7) is 6.55. The van der Waals surface area contributed by atoms with Crippen LogP contribution in [0.4, 0.5) is 0 Å². The fourth-order valence-electron chi connectivity index (χ4n) is 2.86. The highest BCUT2D eigenvalue weighted by Gasteiger charge is 2.15. The van der Waals surface area contributed by atoms with Gasteiger partial charge in [-0.2, -0.15) is 0 Å². The number of hydrogen-bond donors (Lipinski definition) is 0. The summed E-state index contributed by atoms with van der Waals surface area (Å²) in [5, 5.41) is 0. The topological polar surface area (TPSA) is 44.1 Å². The lowest BCUT2D eigenvalue weighted by molar-refractivity contribution is 0.0372. The van der Waals surface area contributed by atoms with Crippen molar-refractivity contribution < 1.29 is 9.53 Å². The van der Waals surface area contributed by atoms with Crippen molar-refractivity contribution in [2.24, 2.45) is 0 Å². The third-order valence-corrected chi connectivity index (χ3v) is 4.56. The van der Waals surface area contributed by atoms with Crippen molar-refractivity contribution >= 4 is 5.97 Å². The van der Waals surface area contributed by atoms with Gasteiger partial charge in [0.2, 0.25) is 0 Å². The Bertz CT molecular complexity index is 869. The molecule has 0 saturated carbocycles. The lowest BCUT2D eigenvalue weighted by Gasteiger charge is -2.14. The highest BCUT2D eigenvalue weighted by atomic mass is 16.5. The summed E-state index contributed by atoms with van der Waals surface area (Å²) in [7, 11) is 0. The molecule has 2 aromatic carbocycles. The number of aryl methyl sites for hydroxylation is 1. The van der Waals surface area contributed by atoms with Crippen molar-refractivity contribution in [1.29, 1.82) is 0 Å². The van der Waals surface area contributed by atoms with Crippen LogP contribution in [0.5, 0.6) is 0 Å². The molecule has 0 amide bonds. The molecule has 0 spiro atoms. The zero-order valence-corrected chi connectivity index (χ0v) is 14.8. The number of esters is 1. The number of imidazole rings is 1. The summed E-state index contributed by atoms with van der Waals surface area (Å²) in [5.41, 5.74) is 5.35. The molecule has 25 heavy (non-hydrogen) atoms. The summed E-state index contributed by atoms with van der Waals surface area (Å²) < 4.78 is 7.13. The zero-order chi connectivity index (χ0) is 17.8. The van der Waals surface area contributed by atoms with E-state index in [9.17, 15) is 4.79 Å². The van der Waals surface area contributed by atoms with Gasteiger partial charge < -0.3 is 9.30 Å². The Hall–Kier alpha value is -2.88. The molecule has 0 aliphatic rings. The summed E-state index contributed by atoms with van der Waals surface area (Å²) >= 11 is 0. The van der Waals surface area contributed by atoms with E-state index in [1.54, 1.807) is 23.0 Å². The van der Waals surface area contributed by atoms with Gasteiger partial charge in [0.15, 0.2) is 6.73 Å². The van der Waals surface area contributed by atoms with Crippen LogP contribution in [-0.4, -0.2) is 15.5 Å². The maximum Gasteiger partial charge on any atom is 0.339 e. The first-order valence-electron chi connectivity index (χ1n) is 8.36. The van der Waals surface area contributed by atoms with Crippen LogP contribution in [0.25, 0.3) is 0 Å². The molecule has 4 heteroatoms. The first-order valence-corrected chi connectivity index (χ1v) is 8.36. The normalized spacial score (nSPS) is 12.0. The Labute approximate surface area is 148 Å². The second kappa shape index (κ2) is 7.34. The SMILES string of the molecule is Cc1cccc([C@H](C)c2cn(COC(=O)c3ccccc3)cn2)c1C. The van der Waals surface area contributed by atoms with Crippen LogP contribution in [0, 0.1) is 13.8 Å². The predicted molar refractivity (Wildman–Crippen MR) is 97.5 cm³/mol. The summed E-state index contributed by atoms with van der Waals surface area (Å²) in [6.07, 6.45) is 3.64. The first kappa shape index (κ1) is 17.0. The Morgan fingerprint density at radius 1 is 1.12 bits per heavy atom. The van der Waals surface area contributed by atoms with Crippen LogP contribution >= 0.6 is 0 Å². The molecule has 3 rings (SSSR count). The average molecular weight is 334 g/mol. The van der Waals surface area contributed by atoms with Crippen LogP contribution < -0.4 is 0 Å². The van der Waals surface area contributed by atoms with Crippen LogP contribution in [0.1, 0.15) is 45.6 Å². The molecule has 4 nitrogen and oxygen atoms in total. The molecule has 0 radical (unpaired) electrons. The maximum atomic E-state index is 12.0. The number of aromatic nitrogens is 2. The number of rotatable bonds is 5. The molecule has 1 atom stereocenters. The second-order valence-electron chi connectivity index (χ2n) is 6.25. The Morgan fingerprint density at radius 2 is 1.88 bits per heavy atom. The molecule has 1 heterocycles. The van der Waals surface area contributed by atoms with Crippen molar-refractivity contribution in [3.8, 4) is 0 Å². The number of hydrogen-bond acceptors (Lipinski definition) is 3. The second-order valence-corrected chi connectivity index (χ2v) is 6.25. The highest BCUT2D eigenvalue weighted by molar-refractivity contribution is 5.89. The minimum atomic E-state index is -0.335. The van der Waals surface area contributed by atoms with Gasteiger partial charge in [0.1, 0.15) is 0 Å². The molecular weight excluding hydrogens is 312 g/mol. The molecule has 0 unspecified atom stereocenters. The van der Waals surface area contributed by atoms with Gasteiger partial charge in [-0.3, -0.25) is 0 Å². The van der Waals surface area contributed by atoms with Gasteiger partial charge in [0, 0.05) is 12.1 Å². The van der Waals surface area contributed by atoms with E-state index in [2.05, 4.69) is 44.0 Å². The zero-order valence-electron chi connectivity index (χ0n) is 14.8. The molecule has 0 N–H and O–H groups in total. The molecule has 0 aliphatic carbocycles. The largest absolute Gasteiger partial charge is 0.440 e. The smallest absolute Gasteiger partial charge is 0.339 e. The van der Waals surface area contributed by atoms with E-state index in [1.807, 2.05) is 24.4 Å². The van der Waals surface area contributed by atoms with Crippen LogP contribution in [-0.2, 0) is 11.5 Å². The fourth-order valence-corrected chi connectivity index (χ4v) is 2.86. The molecule has 0 saturated heterocycles. The van der Waals surface area contributed by atoms with E-state index in [4.69, 9.17) is 4.74 Å². The summed E-state index contributed by atoms with van der Waals surface area (Å²) in [6, 6.07) is 15.3. The van der Waals surface area contributed by atoms with E-state index in [-0.39, 0.29) is 18.6 Å². The van der Waals surface area contributed by atoms with Crippen LogP contribution in [0.15, 0.2) is 61.1 Å². The number of ether oxygens (including phenoxy) is 1. The van der Waals surface area contributed by atoms with Crippen molar-refractivity contribution in [1.82, 2.24) is 9.55 Å². The van der Waals surface area contributed by atoms with Crippen molar-refractivity contribution in [3.05, 3.63) is 89.0 Å². The lowest BCUT2D eigenvalue weighted by atomic mass is 9.92. The number of benzene rings is 2.